The number of hydrogen-bond donors (Lipinski definition) is 1. The lowest BCUT2D eigenvalue weighted by Crippen LogP contribution is -2.47. The molecule has 0 saturated heterocycles. The summed E-state index contributed by atoms with van der Waals surface area (Å²) >= 11 is 0. The Morgan fingerprint density at radius 2 is 2.04 bits per heavy atom. The molecule has 0 saturated carbocycles. The number of rotatable bonds is 5. The number of halogens is 2. The Kier molecular flexibility index (Phi) is 5.38. The summed E-state index contributed by atoms with van der Waals surface area (Å²) < 4.78 is 34.6. The van der Waals surface area contributed by atoms with Crippen molar-refractivity contribution >= 4 is 12.0 Å². The van der Waals surface area contributed by atoms with Crippen LogP contribution in [0.1, 0.15) is 25.5 Å². The molecule has 1 aromatic rings. The van der Waals surface area contributed by atoms with Gasteiger partial charge >= 0.3 is 18.6 Å². The van der Waals surface area contributed by atoms with Gasteiger partial charge in [0.15, 0.2) is 0 Å². The minimum Gasteiger partial charge on any atom is -0.466 e. The van der Waals surface area contributed by atoms with E-state index in [-0.39, 0.29) is 16.9 Å². The van der Waals surface area contributed by atoms with E-state index in [1.807, 2.05) is 0 Å². The number of allylic oxidation sites excluding steroid dienone is 1. The van der Waals surface area contributed by atoms with Gasteiger partial charge in [-0.25, -0.2) is 9.59 Å². The van der Waals surface area contributed by atoms with Crippen molar-refractivity contribution in [2.45, 2.75) is 26.5 Å². The Labute approximate surface area is 138 Å². The molecule has 1 heterocycles. The quantitative estimate of drug-likeness (QED) is 0.837. The number of carbonyl (C=O) groups excluding carboxylic acids is 2. The molecule has 0 radical (unpaired) electrons. The summed E-state index contributed by atoms with van der Waals surface area (Å²) in [6.07, 6.45) is 0. The lowest BCUT2D eigenvalue weighted by atomic mass is 9.94. The molecule has 1 aromatic carbocycles. The van der Waals surface area contributed by atoms with Crippen LogP contribution >= 0.6 is 0 Å². The van der Waals surface area contributed by atoms with Crippen LogP contribution in [-0.4, -0.2) is 37.2 Å². The van der Waals surface area contributed by atoms with Crippen LogP contribution in [0.5, 0.6) is 5.75 Å². The Hall–Kier alpha value is -2.64. The van der Waals surface area contributed by atoms with Crippen molar-refractivity contribution in [2.24, 2.45) is 0 Å². The minimum absolute atomic E-state index is 0.114. The van der Waals surface area contributed by atoms with Crippen molar-refractivity contribution in [3.63, 3.8) is 0 Å². The van der Waals surface area contributed by atoms with E-state index in [1.165, 1.54) is 30.2 Å². The Morgan fingerprint density at radius 3 is 2.62 bits per heavy atom. The predicted octanol–water partition coefficient (Wildman–Crippen LogP) is 2.82. The number of benzene rings is 1. The minimum atomic E-state index is -3.02. The number of esters is 1. The first-order valence-corrected chi connectivity index (χ1v) is 7.31. The van der Waals surface area contributed by atoms with E-state index in [0.29, 0.717) is 12.2 Å². The van der Waals surface area contributed by atoms with Crippen LogP contribution < -0.4 is 10.1 Å². The maximum absolute atomic E-state index is 12.6. The summed E-state index contributed by atoms with van der Waals surface area (Å²) in [7, 11) is 1.22. The van der Waals surface area contributed by atoms with E-state index < -0.39 is 24.7 Å². The van der Waals surface area contributed by atoms with Gasteiger partial charge in [-0.15, -0.1) is 0 Å². The monoisotopic (exact) mass is 340 g/mol. The normalized spacial score (nSPS) is 17.8. The predicted molar refractivity (Wildman–Crippen MR) is 81.4 cm³/mol. The second-order valence-corrected chi connectivity index (χ2v) is 5.03. The van der Waals surface area contributed by atoms with Crippen LogP contribution in [0, 0.1) is 0 Å². The van der Waals surface area contributed by atoms with Gasteiger partial charge in [0.05, 0.1) is 18.7 Å². The van der Waals surface area contributed by atoms with Crippen molar-refractivity contribution in [3.8, 4) is 5.75 Å². The Balaban J connectivity index is 2.58. The molecule has 1 N–H and O–H groups in total. The fourth-order valence-electron chi connectivity index (χ4n) is 2.69. The number of amides is 2. The number of carbonyl (C=O) groups is 2. The number of alkyl halides is 2. The Bertz CT molecular complexity index is 676. The number of nitrogens with one attached hydrogen (secondary N) is 1. The number of ether oxygens (including phenoxy) is 2. The second kappa shape index (κ2) is 7.29. The first kappa shape index (κ1) is 17.7. The average Bonchev–Trinajstić information content (AvgIpc) is 2.54. The SMILES string of the molecule is CCN1C(=O)NC(c2ccccc2OC(F)F)C(C(=O)OC)=C1C. The van der Waals surface area contributed by atoms with Crippen LogP contribution in [0.4, 0.5) is 13.6 Å². The molecule has 0 aromatic heterocycles. The fourth-order valence-corrected chi connectivity index (χ4v) is 2.69. The summed E-state index contributed by atoms with van der Waals surface area (Å²) in [5.74, 6) is -0.764. The van der Waals surface area contributed by atoms with Gasteiger partial charge < -0.3 is 14.8 Å². The van der Waals surface area contributed by atoms with Crippen molar-refractivity contribution in [2.75, 3.05) is 13.7 Å². The largest absolute Gasteiger partial charge is 0.466 e. The van der Waals surface area contributed by atoms with Crippen molar-refractivity contribution in [1.29, 1.82) is 0 Å². The highest BCUT2D eigenvalue weighted by Gasteiger charge is 2.37. The molecule has 0 spiro atoms. The second-order valence-electron chi connectivity index (χ2n) is 5.03. The third kappa shape index (κ3) is 3.32. The summed E-state index contributed by atoms with van der Waals surface area (Å²) in [6, 6.07) is 4.63. The molecule has 0 aliphatic carbocycles. The molecule has 8 heteroatoms. The highest BCUT2D eigenvalue weighted by molar-refractivity contribution is 5.95. The standard InChI is InChI=1S/C16H18F2N2O4/c1-4-20-9(2)12(14(21)23-3)13(19-16(20)22)10-7-5-6-8-11(10)24-15(17)18/h5-8,13,15H,4H2,1-3H3,(H,19,22). The smallest absolute Gasteiger partial charge is 0.387 e. The van der Waals surface area contributed by atoms with Gasteiger partial charge in [-0.3, -0.25) is 4.90 Å². The maximum Gasteiger partial charge on any atom is 0.387 e. The van der Waals surface area contributed by atoms with Crippen molar-refractivity contribution in [3.05, 3.63) is 41.1 Å². The average molecular weight is 340 g/mol. The number of para-hydroxylation sites is 1. The lowest BCUT2D eigenvalue weighted by molar-refractivity contribution is -0.136. The van der Waals surface area contributed by atoms with Crippen LogP contribution in [0.2, 0.25) is 0 Å². The van der Waals surface area contributed by atoms with E-state index in [1.54, 1.807) is 19.9 Å². The van der Waals surface area contributed by atoms with Gasteiger partial charge in [0, 0.05) is 17.8 Å². The summed E-state index contributed by atoms with van der Waals surface area (Å²) in [4.78, 5) is 25.8. The van der Waals surface area contributed by atoms with Gasteiger partial charge in [-0.05, 0) is 19.9 Å². The Morgan fingerprint density at radius 1 is 1.38 bits per heavy atom. The van der Waals surface area contributed by atoms with Crippen LogP contribution in [0.3, 0.4) is 0 Å². The van der Waals surface area contributed by atoms with Gasteiger partial charge in [0.1, 0.15) is 5.75 Å². The van der Waals surface area contributed by atoms with E-state index in [2.05, 4.69) is 10.1 Å². The molecule has 24 heavy (non-hydrogen) atoms. The molecule has 1 atom stereocenters. The zero-order valence-electron chi connectivity index (χ0n) is 13.5. The zero-order chi connectivity index (χ0) is 17.9. The van der Waals surface area contributed by atoms with Crippen LogP contribution in [-0.2, 0) is 9.53 Å². The lowest BCUT2D eigenvalue weighted by Gasteiger charge is -2.35. The molecule has 0 fully saturated rings. The molecule has 0 bridgehead atoms. The first-order valence-electron chi connectivity index (χ1n) is 7.31. The number of hydrogen-bond acceptors (Lipinski definition) is 4. The van der Waals surface area contributed by atoms with Gasteiger partial charge in [-0.1, -0.05) is 18.2 Å². The molecule has 6 nitrogen and oxygen atoms in total. The fraction of sp³-hybridized carbons (Fsp3) is 0.375. The summed E-state index contributed by atoms with van der Waals surface area (Å²) in [5, 5.41) is 2.65. The highest BCUT2D eigenvalue weighted by atomic mass is 19.3. The van der Waals surface area contributed by atoms with Crippen LogP contribution in [0.25, 0.3) is 0 Å². The zero-order valence-corrected chi connectivity index (χ0v) is 13.5. The van der Waals surface area contributed by atoms with Crippen molar-refractivity contribution in [1.82, 2.24) is 10.2 Å². The molecular formula is C16H18F2N2O4. The molecule has 130 valence electrons. The van der Waals surface area contributed by atoms with Gasteiger partial charge in [0.25, 0.3) is 0 Å². The van der Waals surface area contributed by atoms with E-state index >= 15 is 0 Å². The topological polar surface area (TPSA) is 67.9 Å². The third-order valence-electron chi connectivity index (χ3n) is 3.76. The molecule has 2 amide bonds. The summed E-state index contributed by atoms with van der Waals surface area (Å²) in [6.45, 7) is 0.689. The van der Waals surface area contributed by atoms with E-state index in [9.17, 15) is 18.4 Å². The third-order valence-corrected chi connectivity index (χ3v) is 3.76. The van der Waals surface area contributed by atoms with E-state index in [0.717, 1.165) is 0 Å². The summed E-state index contributed by atoms with van der Waals surface area (Å²) in [5.41, 5.74) is 0.830. The number of urea groups is 1. The van der Waals surface area contributed by atoms with Crippen molar-refractivity contribution < 1.29 is 27.8 Å². The molecule has 2 rings (SSSR count). The first-order chi connectivity index (χ1) is 11.4. The molecule has 1 aliphatic heterocycles. The number of methoxy groups -OCH3 is 1. The van der Waals surface area contributed by atoms with Gasteiger partial charge in [-0.2, -0.15) is 8.78 Å². The maximum atomic E-state index is 12.6. The molecular weight excluding hydrogens is 322 g/mol. The number of nitrogens with zero attached hydrogens (tertiary/aromatic N) is 1. The van der Waals surface area contributed by atoms with Gasteiger partial charge in [0.2, 0.25) is 0 Å². The highest BCUT2D eigenvalue weighted by Crippen LogP contribution is 2.36. The molecule has 1 aliphatic rings. The van der Waals surface area contributed by atoms with Crippen LogP contribution in [0.15, 0.2) is 35.5 Å². The molecule has 1 unspecified atom stereocenters. The van der Waals surface area contributed by atoms with E-state index in [4.69, 9.17) is 4.74 Å².